The summed E-state index contributed by atoms with van der Waals surface area (Å²) < 4.78 is 0. The summed E-state index contributed by atoms with van der Waals surface area (Å²) in [4.78, 5) is 28.6. The lowest BCUT2D eigenvalue weighted by molar-refractivity contribution is 0.0986. The van der Waals surface area contributed by atoms with Gasteiger partial charge in [-0.05, 0) is 30.7 Å². The molecule has 1 aliphatic heterocycles. The quantitative estimate of drug-likeness (QED) is 0.830. The maximum Gasteiger partial charge on any atom is 0.263 e. The summed E-state index contributed by atoms with van der Waals surface area (Å²) in [6.07, 6.45) is 2.36. The number of aromatic amines is 1. The van der Waals surface area contributed by atoms with Crippen LogP contribution in [0.1, 0.15) is 16.8 Å². The average Bonchev–Trinajstić information content (AvgIpc) is 2.69. The van der Waals surface area contributed by atoms with Crippen LogP contribution in [0.25, 0.3) is 0 Å². The Morgan fingerprint density at radius 1 is 1.15 bits per heavy atom. The van der Waals surface area contributed by atoms with Crippen molar-refractivity contribution in [1.82, 2.24) is 4.98 Å². The number of nitrogens with one attached hydrogen (secondary N) is 2. The van der Waals surface area contributed by atoms with E-state index in [4.69, 9.17) is 0 Å². The maximum absolute atomic E-state index is 12.6. The lowest BCUT2D eigenvalue weighted by Crippen LogP contribution is -2.35. The van der Waals surface area contributed by atoms with Gasteiger partial charge in [0.15, 0.2) is 0 Å². The number of para-hydroxylation sites is 2. The summed E-state index contributed by atoms with van der Waals surface area (Å²) in [6.45, 7) is 1.41. The molecule has 0 saturated heterocycles. The number of hydrogen-bond donors (Lipinski definition) is 2. The molecule has 20 heavy (non-hydrogen) atoms. The largest absolute Gasteiger partial charge is 0.383 e. The van der Waals surface area contributed by atoms with Gasteiger partial charge in [-0.25, -0.2) is 0 Å². The predicted octanol–water partition coefficient (Wildman–Crippen LogP) is 1.84. The van der Waals surface area contributed by atoms with Crippen LogP contribution in [-0.2, 0) is 0 Å². The molecule has 3 rings (SSSR count). The number of H-pyrrole nitrogens is 1. The summed E-state index contributed by atoms with van der Waals surface area (Å²) in [5, 5.41) is 3.30. The van der Waals surface area contributed by atoms with Gasteiger partial charge in [-0.3, -0.25) is 9.59 Å². The van der Waals surface area contributed by atoms with Crippen LogP contribution in [-0.4, -0.2) is 24.0 Å². The van der Waals surface area contributed by atoms with E-state index in [1.807, 2.05) is 24.3 Å². The zero-order chi connectivity index (χ0) is 13.9. The van der Waals surface area contributed by atoms with Gasteiger partial charge in [0.25, 0.3) is 11.5 Å². The van der Waals surface area contributed by atoms with E-state index in [2.05, 4.69) is 10.3 Å². The SMILES string of the molecule is O=C(c1ccc[nH]c1=O)N1CCCNc2ccccc21. The Morgan fingerprint density at radius 2 is 2.00 bits per heavy atom. The molecule has 1 amide bonds. The lowest BCUT2D eigenvalue weighted by Gasteiger charge is -2.22. The van der Waals surface area contributed by atoms with Crippen molar-refractivity contribution >= 4 is 17.3 Å². The van der Waals surface area contributed by atoms with Gasteiger partial charge in [0.2, 0.25) is 0 Å². The first kappa shape index (κ1) is 12.5. The topological polar surface area (TPSA) is 65.2 Å². The van der Waals surface area contributed by atoms with Gasteiger partial charge in [-0.1, -0.05) is 12.1 Å². The first-order chi connectivity index (χ1) is 9.77. The minimum absolute atomic E-state index is 0.171. The van der Waals surface area contributed by atoms with Gasteiger partial charge in [0.1, 0.15) is 5.56 Å². The van der Waals surface area contributed by atoms with Crippen LogP contribution in [0.3, 0.4) is 0 Å². The van der Waals surface area contributed by atoms with Gasteiger partial charge in [0, 0.05) is 19.3 Å². The number of nitrogens with zero attached hydrogens (tertiary/aromatic N) is 1. The average molecular weight is 269 g/mol. The first-order valence-corrected chi connectivity index (χ1v) is 6.60. The maximum atomic E-state index is 12.6. The van der Waals surface area contributed by atoms with Crippen molar-refractivity contribution in [3.05, 3.63) is 58.5 Å². The van der Waals surface area contributed by atoms with E-state index >= 15 is 0 Å². The predicted molar refractivity (Wildman–Crippen MR) is 78.3 cm³/mol. The molecule has 0 fully saturated rings. The minimum atomic E-state index is -0.354. The van der Waals surface area contributed by atoms with Crippen LogP contribution in [0.15, 0.2) is 47.4 Å². The van der Waals surface area contributed by atoms with Crippen LogP contribution in [0.5, 0.6) is 0 Å². The number of aromatic nitrogens is 1. The number of anilines is 2. The van der Waals surface area contributed by atoms with Crippen molar-refractivity contribution in [1.29, 1.82) is 0 Å². The zero-order valence-corrected chi connectivity index (χ0v) is 10.9. The van der Waals surface area contributed by atoms with E-state index in [0.29, 0.717) is 6.54 Å². The van der Waals surface area contributed by atoms with Gasteiger partial charge in [-0.2, -0.15) is 0 Å². The molecule has 5 nitrogen and oxygen atoms in total. The third-order valence-electron chi connectivity index (χ3n) is 3.36. The highest BCUT2D eigenvalue weighted by molar-refractivity contribution is 6.07. The second-order valence-corrected chi connectivity index (χ2v) is 4.67. The Labute approximate surface area is 116 Å². The smallest absolute Gasteiger partial charge is 0.263 e. The van der Waals surface area contributed by atoms with E-state index in [0.717, 1.165) is 24.3 Å². The molecule has 2 heterocycles. The monoisotopic (exact) mass is 269 g/mol. The van der Waals surface area contributed by atoms with Crippen molar-refractivity contribution < 1.29 is 4.79 Å². The third-order valence-corrected chi connectivity index (χ3v) is 3.36. The van der Waals surface area contributed by atoms with E-state index in [9.17, 15) is 9.59 Å². The van der Waals surface area contributed by atoms with Gasteiger partial charge < -0.3 is 15.2 Å². The van der Waals surface area contributed by atoms with Crippen molar-refractivity contribution in [3.8, 4) is 0 Å². The highest BCUT2D eigenvalue weighted by Crippen LogP contribution is 2.28. The van der Waals surface area contributed by atoms with Gasteiger partial charge >= 0.3 is 0 Å². The fraction of sp³-hybridized carbons (Fsp3) is 0.200. The number of rotatable bonds is 1. The minimum Gasteiger partial charge on any atom is -0.383 e. The zero-order valence-electron chi connectivity index (χ0n) is 10.9. The van der Waals surface area contributed by atoms with Crippen LogP contribution >= 0.6 is 0 Å². The van der Waals surface area contributed by atoms with Crippen LogP contribution in [0.2, 0.25) is 0 Å². The summed E-state index contributed by atoms with van der Waals surface area (Å²) >= 11 is 0. The number of carbonyl (C=O) groups is 1. The summed E-state index contributed by atoms with van der Waals surface area (Å²) in [6, 6.07) is 10.9. The molecule has 0 unspecified atom stereocenters. The summed E-state index contributed by atoms with van der Waals surface area (Å²) in [5.74, 6) is -0.261. The van der Waals surface area contributed by atoms with E-state index < -0.39 is 0 Å². The highest BCUT2D eigenvalue weighted by atomic mass is 16.2. The number of hydrogen-bond acceptors (Lipinski definition) is 3. The van der Waals surface area contributed by atoms with E-state index in [1.54, 1.807) is 17.0 Å². The molecular formula is C15H15N3O2. The van der Waals surface area contributed by atoms with Crippen LogP contribution in [0, 0.1) is 0 Å². The van der Waals surface area contributed by atoms with Crippen molar-refractivity contribution in [2.75, 3.05) is 23.3 Å². The lowest BCUT2D eigenvalue weighted by atomic mass is 10.2. The van der Waals surface area contributed by atoms with Crippen LogP contribution < -0.4 is 15.8 Å². The molecule has 1 aliphatic rings. The van der Waals surface area contributed by atoms with Crippen LogP contribution in [0.4, 0.5) is 11.4 Å². The Hall–Kier alpha value is -2.56. The highest BCUT2D eigenvalue weighted by Gasteiger charge is 2.23. The Morgan fingerprint density at radius 3 is 2.85 bits per heavy atom. The Bertz CT molecular complexity index is 693. The molecule has 0 bridgehead atoms. The first-order valence-electron chi connectivity index (χ1n) is 6.60. The second-order valence-electron chi connectivity index (χ2n) is 4.67. The molecule has 1 aromatic heterocycles. The molecule has 2 aromatic rings. The molecule has 0 radical (unpaired) electrons. The molecule has 2 N–H and O–H groups in total. The summed E-state index contributed by atoms with van der Waals surface area (Å²) in [5.41, 5.74) is 1.56. The van der Waals surface area contributed by atoms with Gasteiger partial charge in [0.05, 0.1) is 11.4 Å². The molecule has 0 atom stereocenters. The van der Waals surface area contributed by atoms with Crippen molar-refractivity contribution in [3.63, 3.8) is 0 Å². The molecule has 5 heteroatoms. The summed E-state index contributed by atoms with van der Waals surface area (Å²) in [7, 11) is 0. The molecular weight excluding hydrogens is 254 g/mol. The molecule has 0 aliphatic carbocycles. The fourth-order valence-electron chi connectivity index (χ4n) is 2.39. The molecule has 0 saturated carbocycles. The Balaban J connectivity index is 2.04. The number of benzene rings is 1. The van der Waals surface area contributed by atoms with Crippen molar-refractivity contribution in [2.45, 2.75) is 6.42 Å². The Kier molecular flexibility index (Phi) is 3.25. The normalized spacial score (nSPS) is 14.1. The number of carbonyl (C=O) groups excluding carboxylic acids is 1. The van der Waals surface area contributed by atoms with E-state index in [-0.39, 0.29) is 17.0 Å². The molecule has 102 valence electrons. The standard InChI is InChI=1S/C15H15N3O2/c19-14-11(5-3-8-17-14)15(20)18-10-4-9-16-12-6-1-2-7-13(12)18/h1-3,5-8,16H,4,9-10H2,(H,17,19). The third kappa shape index (κ3) is 2.18. The fourth-order valence-corrected chi connectivity index (χ4v) is 2.39. The molecule has 0 spiro atoms. The van der Waals surface area contributed by atoms with Gasteiger partial charge in [-0.15, -0.1) is 0 Å². The second kappa shape index (κ2) is 5.21. The number of amides is 1. The van der Waals surface area contributed by atoms with E-state index in [1.165, 1.54) is 6.20 Å². The van der Waals surface area contributed by atoms with Crippen molar-refractivity contribution in [2.24, 2.45) is 0 Å². The molecule has 1 aromatic carbocycles. The number of fused-ring (bicyclic) bond motifs is 1. The number of pyridine rings is 1.